The Kier molecular flexibility index (Phi) is 10.2. The zero-order valence-corrected chi connectivity index (χ0v) is 27.4. The smallest absolute Gasteiger partial charge is 0.372 e. The number of aromatic nitrogens is 2. The Morgan fingerprint density at radius 2 is 1.72 bits per heavy atom. The summed E-state index contributed by atoms with van der Waals surface area (Å²) in [5.41, 5.74) is 11.5. The number of aliphatic hydroxyl groups excluding tert-OH is 1. The van der Waals surface area contributed by atoms with Gasteiger partial charge in [0.05, 0.1) is 11.7 Å². The quantitative estimate of drug-likeness (QED) is 0.135. The molecule has 2 aromatic heterocycles. The van der Waals surface area contributed by atoms with Crippen molar-refractivity contribution in [2.45, 2.75) is 99.0 Å². The van der Waals surface area contributed by atoms with Gasteiger partial charge in [0.2, 0.25) is 11.2 Å². The van der Waals surface area contributed by atoms with Crippen LogP contribution in [-0.2, 0) is 16.6 Å². The van der Waals surface area contributed by atoms with E-state index in [2.05, 4.69) is 101 Å². The van der Waals surface area contributed by atoms with E-state index >= 15 is 0 Å². The first-order valence-corrected chi connectivity index (χ1v) is 15.8. The van der Waals surface area contributed by atoms with Crippen molar-refractivity contribution in [1.29, 1.82) is 0 Å². The first kappa shape index (κ1) is 32.2. The predicted octanol–water partition coefficient (Wildman–Crippen LogP) is 9.62. The fourth-order valence-electron chi connectivity index (χ4n) is 6.27. The average Bonchev–Trinajstić information content (AvgIpc) is 2.98. The van der Waals surface area contributed by atoms with Gasteiger partial charge < -0.3 is 9.84 Å². The number of hydrogen-bond donors (Lipinski definition) is 1. The second-order valence-corrected chi connectivity index (χ2v) is 12.2. The molecule has 0 aliphatic carbocycles. The monoisotopic (exact) mass is 577 g/mol. The Morgan fingerprint density at radius 3 is 2.35 bits per heavy atom. The van der Waals surface area contributed by atoms with E-state index in [0.29, 0.717) is 11.6 Å². The Balaban J connectivity index is 2.05. The van der Waals surface area contributed by atoms with E-state index in [1.54, 1.807) is 13.0 Å². The molecule has 1 atom stereocenters. The Morgan fingerprint density at radius 1 is 1.02 bits per heavy atom. The molecule has 0 radical (unpaired) electrons. The molecule has 43 heavy (non-hydrogen) atoms. The minimum Gasteiger partial charge on any atom is -0.410 e. The van der Waals surface area contributed by atoms with Gasteiger partial charge in [-0.2, -0.15) is 0 Å². The lowest BCUT2D eigenvalue weighted by atomic mass is 9.72. The maximum Gasteiger partial charge on any atom is 0.372 e. The first-order valence-electron chi connectivity index (χ1n) is 15.8. The van der Waals surface area contributed by atoms with E-state index in [4.69, 9.17) is 9.72 Å². The summed E-state index contributed by atoms with van der Waals surface area (Å²) in [6.45, 7) is 21.6. The number of aliphatic hydroxyl groups is 1. The van der Waals surface area contributed by atoms with Gasteiger partial charge >= 0.3 is 5.88 Å². The summed E-state index contributed by atoms with van der Waals surface area (Å²) in [5.74, 6) is 1.06. The normalized spacial score (nSPS) is 12.9. The third-order valence-corrected chi connectivity index (χ3v) is 8.87. The van der Waals surface area contributed by atoms with E-state index in [-0.39, 0.29) is 5.41 Å². The standard InChI is InChI=1S/C39H49N2O2/c1-10-13-15-31-17-19-32(20-18-31)33-22-26(4)37(39(9,11-2)12-3)34(25-33)38-27(5)23-35-36(16-14-21-40-35)41(38)30(8)43-29(7)24-28(6)42/h14,16-25,28,42H,8,10-13,15H2,1-7,9H3/q+1. The molecule has 4 heteroatoms. The highest BCUT2D eigenvalue weighted by atomic mass is 16.5. The molecule has 4 aromatic rings. The van der Waals surface area contributed by atoms with Crippen LogP contribution in [0.5, 0.6) is 0 Å². The van der Waals surface area contributed by atoms with Crippen molar-refractivity contribution in [2.24, 2.45) is 0 Å². The number of benzene rings is 2. The highest BCUT2D eigenvalue weighted by Gasteiger charge is 2.34. The number of hydrogen-bond acceptors (Lipinski definition) is 3. The number of fused-ring (bicyclic) bond motifs is 1. The van der Waals surface area contributed by atoms with Crippen LogP contribution >= 0.6 is 0 Å². The van der Waals surface area contributed by atoms with Crippen LogP contribution in [0.15, 0.2) is 79.2 Å². The molecule has 0 spiro atoms. The van der Waals surface area contributed by atoms with Crippen LogP contribution in [0, 0.1) is 13.8 Å². The third kappa shape index (κ3) is 6.91. The molecule has 0 aliphatic heterocycles. The Hall–Kier alpha value is -3.76. The fourth-order valence-corrected chi connectivity index (χ4v) is 6.27. The van der Waals surface area contributed by atoms with Crippen LogP contribution in [0.2, 0.25) is 0 Å². The lowest BCUT2D eigenvalue weighted by molar-refractivity contribution is -0.560. The predicted molar refractivity (Wildman–Crippen MR) is 181 cm³/mol. The molecule has 2 heterocycles. The largest absolute Gasteiger partial charge is 0.410 e. The second kappa shape index (κ2) is 13.7. The van der Waals surface area contributed by atoms with E-state index in [1.165, 1.54) is 46.2 Å². The SMILES string of the molecule is C=C(OC(C)=CC(C)O)[n+]1c(-c2cc(-c3ccc(CCCC)cc3)cc(C)c2C(C)(CC)CC)c(C)cc2ncccc21. The van der Waals surface area contributed by atoms with Crippen LogP contribution < -0.4 is 4.57 Å². The minimum absolute atomic E-state index is 0.0273. The number of allylic oxidation sites excluding steroid dienone is 1. The molecule has 0 saturated heterocycles. The summed E-state index contributed by atoms with van der Waals surface area (Å²) in [5, 5.41) is 9.96. The van der Waals surface area contributed by atoms with Crippen LogP contribution in [0.3, 0.4) is 0 Å². The summed E-state index contributed by atoms with van der Waals surface area (Å²) in [7, 11) is 0. The molecule has 2 aromatic carbocycles. The first-order chi connectivity index (χ1) is 20.5. The maximum absolute atomic E-state index is 9.96. The van der Waals surface area contributed by atoms with Gasteiger partial charge in [-0.25, -0.2) is 4.98 Å². The topological polar surface area (TPSA) is 46.2 Å². The zero-order chi connectivity index (χ0) is 31.3. The molecule has 226 valence electrons. The van der Waals surface area contributed by atoms with Gasteiger partial charge in [0, 0.05) is 24.4 Å². The lowest BCUT2D eigenvalue weighted by Crippen LogP contribution is -2.38. The van der Waals surface area contributed by atoms with Crippen molar-refractivity contribution < 1.29 is 14.4 Å². The van der Waals surface area contributed by atoms with Crippen molar-refractivity contribution in [2.75, 3.05) is 0 Å². The van der Waals surface area contributed by atoms with Gasteiger partial charge in [0.1, 0.15) is 11.3 Å². The second-order valence-electron chi connectivity index (χ2n) is 12.2. The third-order valence-electron chi connectivity index (χ3n) is 8.87. The van der Waals surface area contributed by atoms with Crippen molar-refractivity contribution in [1.82, 2.24) is 4.98 Å². The van der Waals surface area contributed by atoms with Crippen molar-refractivity contribution in [3.05, 3.63) is 101 Å². The molecule has 0 fully saturated rings. The van der Waals surface area contributed by atoms with Crippen molar-refractivity contribution in [3.8, 4) is 22.4 Å². The van der Waals surface area contributed by atoms with E-state index in [0.717, 1.165) is 41.6 Å². The van der Waals surface area contributed by atoms with E-state index in [9.17, 15) is 5.11 Å². The molecule has 1 unspecified atom stereocenters. The highest BCUT2D eigenvalue weighted by Crippen LogP contribution is 2.43. The average molecular weight is 578 g/mol. The van der Waals surface area contributed by atoms with Gasteiger partial charge in [-0.1, -0.05) is 64.4 Å². The van der Waals surface area contributed by atoms with Crippen LogP contribution in [0.25, 0.3) is 39.3 Å². The zero-order valence-electron chi connectivity index (χ0n) is 27.4. The summed E-state index contributed by atoms with van der Waals surface area (Å²) >= 11 is 0. The minimum atomic E-state index is -0.623. The fraction of sp³-hybridized carbons (Fsp3) is 0.385. The summed E-state index contributed by atoms with van der Waals surface area (Å²) in [6, 6.07) is 20.0. The summed E-state index contributed by atoms with van der Waals surface area (Å²) in [6.07, 6.45) is 8.44. The highest BCUT2D eigenvalue weighted by molar-refractivity contribution is 5.81. The molecule has 4 rings (SSSR count). The maximum atomic E-state index is 9.96. The number of pyridine rings is 2. The molecule has 4 nitrogen and oxygen atoms in total. The summed E-state index contributed by atoms with van der Waals surface area (Å²) < 4.78 is 8.39. The van der Waals surface area contributed by atoms with E-state index in [1.807, 2.05) is 19.2 Å². The van der Waals surface area contributed by atoms with Gasteiger partial charge in [-0.05, 0) is 111 Å². The van der Waals surface area contributed by atoms with Gasteiger partial charge in [-0.15, -0.1) is 4.57 Å². The summed E-state index contributed by atoms with van der Waals surface area (Å²) in [4.78, 5) is 4.69. The molecule has 0 bridgehead atoms. The van der Waals surface area contributed by atoms with Gasteiger partial charge in [0.25, 0.3) is 0 Å². The molecule has 0 amide bonds. The van der Waals surface area contributed by atoms with Crippen LogP contribution in [-0.4, -0.2) is 16.2 Å². The number of aryl methyl sites for hydroxylation is 3. The molecule has 0 saturated carbocycles. The molecular formula is C39H49N2O2+. The van der Waals surface area contributed by atoms with Crippen molar-refractivity contribution >= 4 is 16.9 Å². The van der Waals surface area contributed by atoms with Crippen LogP contribution in [0.1, 0.15) is 89.5 Å². The number of ether oxygens (including phenoxy) is 1. The van der Waals surface area contributed by atoms with Gasteiger partial charge in [-0.3, -0.25) is 0 Å². The number of nitrogens with zero attached hydrogens (tertiary/aromatic N) is 2. The molecular weight excluding hydrogens is 528 g/mol. The number of rotatable bonds is 12. The number of unbranched alkanes of at least 4 members (excludes halogenated alkanes) is 1. The lowest BCUT2D eigenvalue weighted by Gasteiger charge is -2.32. The van der Waals surface area contributed by atoms with Crippen LogP contribution in [0.4, 0.5) is 0 Å². The van der Waals surface area contributed by atoms with Crippen molar-refractivity contribution in [3.63, 3.8) is 0 Å². The van der Waals surface area contributed by atoms with E-state index < -0.39 is 6.10 Å². The Bertz CT molecular complexity index is 1630. The Labute approximate surface area is 258 Å². The molecule has 1 N–H and O–H groups in total. The molecule has 0 aliphatic rings. The van der Waals surface area contributed by atoms with Gasteiger partial charge in [0.15, 0.2) is 0 Å².